The predicted molar refractivity (Wildman–Crippen MR) is 108 cm³/mol. The van der Waals surface area contributed by atoms with Gasteiger partial charge in [0.25, 0.3) is 0 Å². The molecule has 2 aliphatic rings. The van der Waals surface area contributed by atoms with Crippen LogP contribution in [-0.4, -0.2) is 23.5 Å². The molecular weight excluding hydrogens is 350 g/mol. The Bertz CT molecular complexity index is 822. The van der Waals surface area contributed by atoms with Crippen LogP contribution >= 0.6 is 0 Å². The zero-order chi connectivity index (χ0) is 19.5. The summed E-state index contributed by atoms with van der Waals surface area (Å²) in [7, 11) is 0. The van der Waals surface area contributed by atoms with Crippen molar-refractivity contribution in [3.05, 3.63) is 83.9 Å². The van der Waals surface area contributed by atoms with Crippen molar-refractivity contribution in [2.24, 2.45) is 23.7 Å². The molecule has 4 unspecified atom stereocenters. The van der Waals surface area contributed by atoms with Crippen LogP contribution in [0.3, 0.4) is 0 Å². The summed E-state index contributed by atoms with van der Waals surface area (Å²) in [6, 6.07) is 20.6. The maximum absolute atomic E-state index is 12.8. The minimum atomic E-state index is -0.858. The zero-order valence-electron chi connectivity index (χ0n) is 15.7. The average molecular weight is 375 g/mol. The first-order valence-corrected chi connectivity index (χ1v) is 9.94. The summed E-state index contributed by atoms with van der Waals surface area (Å²) in [5.41, 5.74) is 2.43. The number of hydrogen-bond donors (Lipinski definition) is 2. The number of carbonyl (C=O) groups is 2. The van der Waals surface area contributed by atoms with Gasteiger partial charge in [0.15, 0.2) is 0 Å². The maximum Gasteiger partial charge on any atom is 0.307 e. The van der Waals surface area contributed by atoms with Gasteiger partial charge in [-0.05, 0) is 35.8 Å². The van der Waals surface area contributed by atoms with Gasteiger partial charge < -0.3 is 10.4 Å². The predicted octanol–water partition coefficient (Wildman–Crippen LogP) is 3.85. The number of benzene rings is 2. The molecule has 0 saturated heterocycles. The van der Waals surface area contributed by atoms with Crippen LogP contribution in [0.2, 0.25) is 0 Å². The number of carbonyl (C=O) groups excluding carboxylic acids is 1. The Hall–Kier alpha value is -2.88. The number of hydrogen-bond acceptors (Lipinski definition) is 2. The summed E-state index contributed by atoms with van der Waals surface area (Å²) in [6.45, 7) is 0.525. The van der Waals surface area contributed by atoms with Crippen LogP contribution in [0, 0.1) is 23.7 Å². The lowest BCUT2D eigenvalue weighted by Crippen LogP contribution is -2.40. The van der Waals surface area contributed by atoms with Crippen LogP contribution < -0.4 is 5.32 Å². The summed E-state index contributed by atoms with van der Waals surface area (Å²) in [5, 5.41) is 12.6. The second-order valence-electron chi connectivity index (χ2n) is 7.79. The Morgan fingerprint density at radius 3 is 1.96 bits per heavy atom. The molecule has 4 nitrogen and oxygen atoms in total. The molecule has 2 aliphatic carbocycles. The van der Waals surface area contributed by atoms with Crippen molar-refractivity contribution in [1.82, 2.24) is 5.32 Å². The molecule has 4 heteroatoms. The topological polar surface area (TPSA) is 66.4 Å². The molecule has 0 aliphatic heterocycles. The molecule has 144 valence electrons. The van der Waals surface area contributed by atoms with E-state index in [2.05, 4.69) is 29.6 Å². The van der Waals surface area contributed by atoms with Crippen molar-refractivity contribution < 1.29 is 14.7 Å². The Kier molecular flexibility index (Phi) is 5.29. The molecule has 2 N–H and O–H groups in total. The molecule has 1 fully saturated rings. The molecule has 0 radical (unpaired) electrons. The fraction of sp³-hybridized carbons (Fsp3) is 0.333. The third-order valence-electron chi connectivity index (χ3n) is 6.18. The van der Waals surface area contributed by atoms with E-state index in [4.69, 9.17) is 0 Å². The number of nitrogens with one attached hydrogen (secondary N) is 1. The first-order chi connectivity index (χ1) is 13.6. The van der Waals surface area contributed by atoms with E-state index < -0.39 is 17.8 Å². The van der Waals surface area contributed by atoms with Gasteiger partial charge in [-0.15, -0.1) is 0 Å². The normalized spacial score (nSPS) is 25.2. The molecule has 0 aromatic heterocycles. The highest BCUT2D eigenvalue weighted by Gasteiger charge is 2.51. The molecule has 28 heavy (non-hydrogen) atoms. The van der Waals surface area contributed by atoms with Gasteiger partial charge in [-0.3, -0.25) is 9.59 Å². The number of amides is 1. The lowest BCUT2D eigenvalue weighted by atomic mass is 9.82. The molecule has 4 atom stereocenters. The molecule has 2 bridgehead atoms. The molecular formula is C24H25NO3. The lowest BCUT2D eigenvalue weighted by Gasteiger charge is -2.24. The van der Waals surface area contributed by atoms with Gasteiger partial charge in [-0.2, -0.15) is 0 Å². The van der Waals surface area contributed by atoms with E-state index in [1.165, 1.54) is 11.1 Å². The molecule has 1 saturated carbocycles. The lowest BCUT2D eigenvalue weighted by molar-refractivity contribution is -0.147. The van der Waals surface area contributed by atoms with Gasteiger partial charge in [-0.1, -0.05) is 72.8 Å². The summed E-state index contributed by atoms with van der Waals surface area (Å²) in [4.78, 5) is 24.4. The van der Waals surface area contributed by atoms with Crippen molar-refractivity contribution in [3.8, 4) is 0 Å². The van der Waals surface area contributed by atoms with E-state index in [1.807, 2.05) is 48.6 Å². The number of aliphatic carboxylic acids is 1. The molecule has 0 spiro atoms. The monoisotopic (exact) mass is 375 g/mol. The second kappa shape index (κ2) is 8.01. The third-order valence-corrected chi connectivity index (χ3v) is 6.18. The van der Waals surface area contributed by atoms with Crippen molar-refractivity contribution in [2.45, 2.75) is 18.8 Å². The Balaban J connectivity index is 1.43. The number of allylic oxidation sites excluding steroid dienone is 2. The van der Waals surface area contributed by atoms with Crippen molar-refractivity contribution in [1.29, 1.82) is 0 Å². The number of carboxylic acids is 1. The first-order valence-electron chi connectivity index (χ1n) is 9.94. The standard InChI is InChI=1S/C24H25NO3/c26-23(21-18-11-12-19(15-18)22(21)24(27)28)25-14-13-20(16-7-3-1-4-8-16)17-9-5-2-6-10-17/h1-12,18-22H,13-15H2,(H,25,26)(H,27,28). The maximum atomic E-state index is 12.8. The Morgan fingerprint density at radius 1 is 0.893 bits per heavy atom. The molecule has 2 aromatic rings. The van der Waals surface area contributed by atoms with Crippen molar-refractivity contribution in [3.63, 3.8) is 0 Å². The third kappa shape index (κ3) is 3.59. The Morgan fingerprint density at radius 2 is 1.43 bits per heavy atom. The molecule has 2 aromatic carbocycles. The molecule has 4 rings (SSSR count). The van der Waals surface area contributed by atoms with Crippen LogP contribution in [0.25, 0.3) is 0 Å². The van der Waals surface area contributed by atoms with Crippen LogP contribution in [-0.2, 0) is 9.59 Å². The number of carboxylic acid groups (broad SMARTS) is 1. The molecule has 0 heterocycles. The quantitative estimate of drug-likeness (QED) is 0.723. The van der Waals surface area contributed by atoms with E-state index in [0.29, 0.717) is 6.54 Å². The number of fused-ring (bicyclic) bond motifs is 2. The van der Waals surface area contributed by atoms with E-state index in [1.54, 1.807) is 0 Å². The summed E-state index contributed by atoms with van der Waals surface area (Å²) in [6.07, 6.45) is 5.54. The smallest absolute Gasteiger partial charge is 0.307 e. The SMILES string of the molecule is O=C(O)C1C2C=CC(C2)C1C(=O)NCCC(c1ccccc1)c1ccccc1. The van der Waals surface area contributed by atoms with Crippen LogP contribution in [0.15, 0.2) is 72.8 Å². The highest BCUT2D eigenvalue weighted by atomic mass is 16.4. The average Bonchev–Trinajstić information content (AvgIpc) is 3.34. The Labute approximate surface area is 165 Å². The van der Waals surface area contributed by atoms with Crippen molar-refractivity contribution >= 4 is 11.9 Å². The highest BCUT2D eigenvalue weighted by Crippen LogP contribution is 2.48. The van der Waals surface area contributed by atoms with Crippen molar-refractivity contribution in [2.75, 3.05) is 6.54 Å². The highest BCUT2D eigenvalue weighted by molar-refractivity contribution is 5.86. The fourth-order valence-corrected chi connectivity index (χ4v) is 4.87. The van der Waals surface area contributed by atoms with Gasteiger partial charge >= 0.3 is 5.97 Å². The molecule has 1 amide bonds. The summed E-state index contributed by atoms with van der Waals surface area (Å²) in [5.74, 6) is -1.76. The first kappa shape index (κ1) is 18.5. The van der Waals surface area contributed by atoms with Gasteiger partial charge in [0.2, 0.25) is 5.91 Å². The van der Waals surface area contributed by atoms with Crippen LogP contribution in [0.4, 0.5) is 0 Å². The second-order valence-corrected chi connectivity index (χ2v) is 7.79. The van der Waals surface area contributed by atoms with E-state index in [9.17, 15) is 14.7 Å². The minimum Gasteiger partial charge on any atom is -0.481 e. The van der Waals surface area contributed by atoms with E-state index >= 15 is 0 Å². The fourth-order valence-electron chi connectivity index (χ4n) is 4.87. The van der Waals surface area contributed by atoms with Gasteiger partial charge in [-0.25, -0.2) is 0 Å². The summed E-state index contributed by atoms with van der Waals surface area (Å²) < 4.78 is 0. The minimum absolute atomic E-state index is 0.000337. The van der Waals surface area contributed by atoms with Gasteiger partial charge in [0.1, 0.15) is 0 Å². The van der Waals surface area contributed by atoms with E-state index in [-0.39, 0.29) is 23.7 Å². The number of rotatable bonds is 7. The van der Waals surface area contributed by atoms with Gasteiger partial charge in [0, 0.05) is 12.5 Å². The van der Waals surface area contributed by atoms with Crippen LogP contribution in [0.5, 0.6) is 0 Å². The van der Waals surface area contributed by atoms with Crippen LogP contribution in [0.1, 0.15) is 29.9 Å². The van der Waals surface area contributed by atoms with E-state index in [0.717, 1.165) is 12.8 Å². The zero-order valence-corrected chi connectivity index (χ0v) is 15.7. The largest absolute Gasteiger partial charge is 0.481 e. The summed E-state index contributed by atoms with van der Waals surface area (Å²) >= 11 is 0. The van der Waals surface area contributed by atoms with Gasteiger partial charge in [0.05, 0.1) is 11.8 Å².